The number of rotatable bonds is 2. The summed E-state index contributed by atoms with van der Waals surface area (Å²) in [6.45, 7) is -0.00786. The van der Waals surface area contributed by atoms with Gasteiger partial charge in [-0.3, -0.25) is 4.79 Å². The maximum Gasteiger partial charge on any atom is 0.431 e. The number of alkyl halides is 5. The van der Waals surface area contributed by atoms with Crippen LogP contribution in [-0.4, -0.2) is 40.1 Å². The summed E-state index contributed by atoms with van der Waals surface area (Å²) >= 11 is 5.63. The lowest BCUT2D eigenvalue weighted by Gasteiger charge is -2.36. The summed E-state index contributed by atoms with van der Waals surface area (Å²) in [4.78, 5) is 12.0. The number of hydrogen-bond donors (Lipinski definition) is 3. The molecular formula is C18H17ClF5NO4. The molecule has 0 radical (unpaired) electrons. The standard InChI is InChI=1S/C12H13ClF2O3.C6H4F3NO/c13-8-3-1-7(2-4-8)12(14,15)11-10(17)9(16)5-6-18-11;7-6(8,9)4-2-1-3-5(11)10-4/h1-4,9-11,16-17H,5-6H2;1-3H,(H,10,11). The zero-order chi connectivity index (χ0) is 21.8. The first-order chi connectivity index (χ1) is 13.4. The van der Waals surface area contributed by atoms with Gasteiger partial charge in [-0.2, -0.15) is 22.0 Å². The van der Waals surface area contributed by atoms with E-state index in [4.69, 9.17) is 16.3 Å². The number of nitrogens with one attached hydrogen (secondary N) is 1. The number of aliphatic hydroxyl groups excluding tert-OH is 2. The van der Waals surface area contributed by atoms with Crippen LogP contribution in [0.5, 0.6) is 0 Å². The second kappa shape index (κ2) is 9.21. The monoisotopic (exact) mass is 441 g/mol. The highest BCUT2D eigenvalue weighted by Gasteiger charge is 2.50. The molecule has 1 aliphatic rings. The van der Waals surface area contributed by atoms with E-state index >= 15 is 0 Å². The fraction of sp³-hybridized carbons (Fsp3) is 0.389. The van der Waals surface area contributed by atoms with Gasteiger partial charge in [0.25, 0.3) is 0 Å². The van der Waals surface area contributed by atoms with Crippen LogP contribution in [0.4, 0.5) is 22.0 Å². The van der Waals surface area contributed by atoms with E-state index in [1.165, 1.54) is 24.3 Å². The topological polar surface area (TPSA) is 82.6 Å². The zero-order valence-electron chi connectivity index (χ0n) is 14.7. The molecule has 0 saturated carbocycles. The van der Waals surface area contributed by atoms with Gasteiger partial charge in [-0.15, -0.1) is 0 Å². The lowest BCUT2D eigenvalue weighted by molar-refractivity contribution is -0.227. The molecule has 1 saturated heterocycles. The third-order valence-electron chi connectivity index (χ3n) is 4.08. The fourth-order valence-electron chi connectivity index (χ4n) is 2.56. The van der Waals surface area contributed by atoms with E-state index in [0.29, 0.717) is 5.02 Å². The van der Waals surface area contributed by atoms with E-state index in [2.05, 4.69) is 0 Å². The van der Waals surface area contributed by atoms with Gasteiger partial charge in [-0.1, -0.05) is 29.8 Å². The Morgan fingerprint density at radius 2 is 1.66 bits per heavy atom. The summed E-state index contributed by atoms with van der Waals surface area (Å²) in [7, 11) is 0. The molecule has 3 rings (SSSR count). The Morgan fingerprint density at radius 3 is 2.17 bits per heavy atom. The predicted molar refractivity (Wildman–Crippen MR) is 93.8 cm³/mol. The minimum atomic E-state index is -4.47. The Balaban J connectivity index is 0.000000234. The van der Waals surface area contributed by atoms with Crippen molar-refractivity contribution >= 4 is 11.6 Å². The SMILES string of the molecule is O=c1cccc(C(F)(F)F)[nH]1.OC1CCOC(C(F)(F)c2ccc(Cl)cc2)C1O. The van der Waals surface area contributed by atoms with Crippen molar-refractivity contribution in [3.05, 3.63) is 69.1 Å². The van der Waals surface area contributed by atoms with Gasteiger partial charge in [0.05, 0.1) is 6.10 Å². The molecule has 160 valence electrons. The lowest BCUT2D eigenvalue weighted by atomic mass is 9.93. The molecule has 3 unspecified atom stereocenters. The highest BCUT2D eigenvalue weighted by atomic mass is 35.5. The zero-order valence-corrected chi connectivity index (χ0v) is 15.4. The molecule has 1 aromatic heterocycles. The molecule has 2 heterocycles. The lowest BCUT2D eigenvalue weighted by Crippen LogP contribution is -2.52. The molecule has 0 spiro atoms. The smallest absolute Gasteiger partial charge is 0.390 e. The molecule has 3 N–H and O–H groups in total. The summed E-state index contributed by atoms with van der Waals surface area (Å²) in [5.41, 5.74) is -2.07. The van der Waals surface area contributed by atoms with Crippen LogP contribution in [0.25, 0.3) is 0 Å². The Labute approximate surface area is 166 Å². The van der Waals surface area contributed by atoms with Crippen LogP contribution >= 0.6 is 11.6 Å². The number of aliphatic hydroxyl groups is 2. The maximum absolute atomic E-state index is 14.2. The first-order valence-electron chi connectivity index (χ1n) is 8.31. The summed E-state index contributed by atoms with van der Waals surface area (Å²) in [5.74, 6) is -3.38. The summed E-state index contributed by atoms with van der Waals surface area (Å²) in [5, 5.41) is 19.4. The summed E-state index contributed by atoms with van der Waals surface area (Å²) < 4.78 is 68.6. The van der Waals surface area contributed by atoms with Gasteiger partial charge < -0.3 is 19.9 Å². The normalized spacial score (nSPS) is 22.6. The molecule has 2 aromatic rings. The first kappa shape index (κ1) is 23.3. The van der Waals surface area contributed by atoms with Crippen molar-refractivity contribution in [3.63, 3.8) is 0 Å². The Morgan fingerprint density at radius 1 is 1.03 bits per heavy atom. The van der Waals surface area contributed by atoms with Crippen molar-refractivity contribution in [2.45, 2.75) is 36.8 Å². The van der Waals surface area contributed by atoms with E-state index in [9.17, 15) is 37.0 Å². The van der Waals surface area contributed by atoms with Crippen molar-refractivity contribution in [1.82, 2.24) is 4.98 Å². The maximum atomic E-state index is 14.2. The van der Waals surface area contributed by atoms with E-state index in [1.807, 2.05) is 0 Å². The quantitative estimate of drug-likeness (QED) is 0.624. The Hall–Kier alpha value is -2.01. The summed E-state index contributed by atoms with van der Waals surface area (Å²) in [6, 6.07) is 7.93. The average molecular weight is 442 g/mol. The molecule has 11 heteroatoms. The largest absolute Gasteiger partial charge is 0.431 e. The predicted octanol–water partition coefficient (Wildman–Crippen LogP) is 3.34. The number of H-pyrrole nitrogens is 1. The van der Waals surface area contributed by atoms with Crippen molar-refractivity contribution < 1.29 is 36.9 Å². The first-order valence-corrected chi connectivity index (χ1v) is 8.69. The van der Waals surface area contributed by atoms with Gasteiger partial charge in [-0.05, 0) is 24.6 Å². The molecule has 0 aliphatic carbocycles. The van der Waals surface area contributed by atoms with Gasteiger partial charge in [-0.25, -0.2) is 0 Å². The Bertz CT molecular complexity index is 856. The fourth-order valence-corrected chi connectivity index (χ4v) is 2.68. The van der Waals surface area contributed by atoms with Crippen LogP contribution in [0.2, 0.25) is 5.02 Å². The average Bonchev–Trinajstić information content (AvgIpc) is 2.64. The van der Waals surface area contributed by atoms with Crippen molar-refractivity contribution in [2.24, 2.45) is 0 Å². The molecule has 3 atom stereocenters. The molecule has 0 bridgehead atoms. The van der Waals surface area contributed by atoms with Gasteiger partial charge in [0.15, 0.2) is 6.10 Å². The van der Waals surface area contributed by atoms with Crippen LogP contribution in [0.1, 0.15) is 17.7 Å². The number of halogens is 6. The van der Waals surface area contributed by atoms with Crippen LogP contribution in [-0.2, 0) is 16.8 Å². The van der Waals surface area contributed by atoms with Gasteiger partial charge in [0, 0.05) is 23.3 Å². The van der Waals surface area contributed by atoms with Crippen LogP contribution in [0.3, 0.4) is 0 Å². The van der Waals surface area contributed by atoms with Crippen molar-refractivity contribution in [3.8, 4) is 0 Å². The third-order valence-corrected chi connectivity index (χ3v) is 4.33. The summed E-state index contributed by atoms with van der Waals surface area (Å²) in [6.07, 6.45) is -8.87. The molecule has 29 heavy (non-hydrogen) atoms. The van der Waals surface area contributed by atoms with Gasteiger partial charge in [0.2, 0.25) is 5.56 Å². The molecule has 1 aliphatic heterocycles. The van der Waals surface area contributed by atoms with Crippen LogP contribution in [0, 0.1) is 0 Å². The highest BCUT2D eigenvalue weighted by molar-refractivity contribution is 6.30. The number of pyridine rings is 1. The number of hydrogen-bond acceptors (Lipinski definition) is 4. The van der Waals surface area contributed by atoms with Gasteiger partial charge in [0.1, 0.15) is 11.8 Å². The van der Waals surface area contributed by atoms with Gasteiger partial charge >= 0.3 is 12.1 Å². The molecule has 5 nitrogen and oxygen atoms in total. The third kappa shape index (κ3) is 5.99. The van der Waals surface area contributed by atoms with Crippen molar-refractivity contribution in [2.75, 3.05) is 6.61 Å². The second-order valence-corrected chi connectivity index (χ2v) is 6.63. The molecule has 1 fully saturated rings. The van der Waals surface area contributed by atoms with E-state index in [-0.39, 0.29) is 18.6 Å². The number of ether oxygens (including phenoxy) is 1. The minimum absolute atomic E-state index is 0.00786. The van der Waals surface area contributed by atoms with E-state index in [1.54, 1.807) is 4.98 Å². The van der Waals surface area contributed by atoms with E-state index in [0.717, 1.165) is 18.2 Å². The van der Waals surface area contributed by atoms with Crippen molar-refractivity contribution in [1.29, 1.82) is 0 Å². The molecule has 1 aromatic carbocycles. The Kier molecular flexibility index (Phi) is 7.39. The number of aromatic nitrogens is 1. The van der Waals surface area contributed by atoms with E-state index < -0.39 is 41.7 Å². The van der Waals surface area contributed by atoms with Crippen LogP contribution < -0.4 is 5.56 Å². The number of benzene rings is 1. The molecular weight excluding hydrogens is 425 g/mol. The minimum Gasteiger partial charge on any atom is -0.390 e. The molecule has 0 amide bonds. The van der Waals surface area contributed by atoms with Crippen LogP contribution in [0.15, 0.2) is 47.3 Å². The highest BCUT2D eigenvalue weighted by Crippen LogP contribution is 2.38. The second-order valence-electron chi connectivity index (χ2n) is 6.19. The number of aromatic amines is 1.